The molecule has 4 rings (SSSR count). The molecule has 0 saturated carbocycles. The summed E-state index contributed by atoms with van der Waals surface area (Å²) < 4.78 is 5.18. The summed E-state index contributed by atoms with van der Waals surface area (Å²) in [4.78, 5) is 51.5. The zero-order chi connectivity index (χ0) is 26.7. The maximum absolute atomic E-state index is 13.1. The van der Waals surface area contributed by atoms with E-state index in [-0.39, 0.29) is 33.8 Å². The second kappa shape index (κ2) is 10.5. The van der Waals surface area contributed by atoms with E-state index in [0.717, 1.165) is 4.90 Å². The lowest BCUT2D eigenvalue weighted by atomic mass is 10.1. The van der Waals surface area contributed by atoms with E-state index in [0.29, 0.717) is 16.9 Å². The number of phenols is 1. The third-order valence-corrected chi connectivity index (χ3v) is 5.58. The minimum absolute atomic E-state index is 0.0227. The number of hydrogen-bond acceptors (Lipinski definition) is 7. The molecule has 10 heteroatoms. The Labute approximate surface area is 217 Å². The van der Waals surface area contributed by atoms with E-state index in [1.54, 1.807) is 38.1 Å². The van der Waals surface area contributed by atoms with Gasteiger partial charge in [0.05, 0.1) is 17.4 Å². The fraction of sp³-hybridized carbons (Fsp3) is 0.111. The van der Waals surface area contributed by atoms with Crippen LogP contribution in [0.1, 0.15) is 34.6 Å². The lowest BCUT2D eigenvalue weighted by Crippen LogP contribution is -2.32. The van der Waals surface area contributed by atoms with Gasteiger partial charge in [0.2, 0.25) is 0 Å². The minimum atomic E-state index is -0.745. The van der Waals surface area contributed by atoms with Gasteiger partial charge in [0.25, 0.3) is 17.7 Å². The number of aromatic hydroxyl groups is 1. The number of rotatable bonds is 7. The molecule has 0 aromatic heterocycles. The van der Waals surface area contributed by atoms with Crippen LogP contribution in [0.5, 0.6) is 5.75 Å². The van der Waals surface area contributed by atoms with Crippen LogP contribution >= 0.6 is 11.6 Å². The molecular formula is C27H22ClN3O6. The lowest BCUT2D eigenvalue weighted by Gasteiger charge is -2.16. The molecular weight excluding hydrogens is 498 g/mol. The van der Waals surface area contributed by atoms with Gasteiger partial charge in [0.15, 0.2) is 0 Å². The average molecular weight is 520 g/mol. The smallest absolute Gasteiger partial charge is 0.338 e. The second-order valence-electron chi connectivity index (χ2n) is 8.35. The highest BCUT2D eigenvalue weighted by Crippen LogP contribution is 2.31. The van der Waals surface area contributed by atoms with Crippen molar-refractivity contribution in [3.8, 4) is 5.75 Å². The molecule has 0 unspecified atom stereocenters. The number of nitrogens with one attached hydrogen (secondary N) is 2. The van der Waals surface area contributed by atoms with Crippen molar-refractivity contribution in [1.82, 2.24) is 0 Å². The third-order valence-electron chi connectivity index (χ3n) is 5.23. The van der Waals surface area contributed by atoms with Gasteiger partial charge in [-0.3, -0.25) is 14.4 Å². The lowest BCUT2D eigenvalue weighted by molar-refractivity contribution is -0.120. The van der Waals surface area contributed by atoms with Crippen molar-refractivity contribution in [2.75, 3.05) is 15.5 Å². The molecule has 0 bridgehead atoms. The maximum atomic E-state index is 13.1. The number of halogens is 1. The van der Waals surface area contributed by atoms with Gasteiger partial charge >= 0.3 is 5.97 Å². The van der Waals surface area contributed by atoms with Gasteiger partial charge in [-0.05, 0) is 68.4 Å². The first-order valence-corrected chi connectivity index (χ1v) is 11.6. The maximum Gasteiger partial charge on any atom is 0.338 e. The number of benzene rings is 3. The molecule has 0 spiro atoms. The predicted octanol–water partition coefficient (Wildman–Crippen LogP) is 4.65. The van der Waals surface area contributed by atoms with E-state index in [1.165, 1.54) is 48.5 Å². The van der Waals surface area contributed by atoms with Gasteiger partial charge in [-0.15, -0.1) is 0 Å². The van der Waals surface area contributed by atoms with Crippen LogP contribution in [0, 0.1) is 0 Å². The molecule has 0 fully saturated rings. The Bertz CT molecular complexity index is 1430. The second-order valence-corrected chi connectivity index (χ2v) is 8.72. The fourth-order valence-corrected chi connectivity index (χ4v) is 3.75. The Balaban J connectivity index is 1.48. The Morgan fingerprint density at radius 3 is 2.27 bits per heavy atom. The SMILES string of the molecule is CC(C)OC(=O)c1cccc(N2C(=O)C(Cl)=C(Nc3ccc(C(=O)Nc4cccc(O)c4)cc3)C2=O)c1. The molecule has 9 nitrogen and oxygen atoms in total. The summed E-state index contributed by atoms with van der Waals surface area (Å²) in [5.41, 5.74) is 1.39. The van der Waals surface area contributed by atoms with Crippen LogP contribution < -0.4 is 15.5 Å². The number of carbonyl (C=O) groups is 4. The zero-order valence-electron chi connectivity index (χ0n) is 19.8. The van der Waals surface area contributed by atoms with Gasteiger partial charge in [0, 0.05) is 23.0 Å². The molecule has 1 aliphatic rings. The van der Waals surface area contributed by atoms with Crippen LogP contribution in [-0.2, 0) is 14.3 Å². The van der Waals surface area contributed by atoms with Crippen molar-refractivity contribution in [1.29, 1.82) is 0 Å². The van der Waals surface area contributed by atoms with E-state index >= 15 is 0 Å². The van der Waals surface area contributed by atoms with E-state index in [1.807, 2.05) is 0 Å². The standard InChI is InChI=1S/C27H22ClN3O6/c1-15(2)37-27(36)17-5-3-7-20(13-17)31-25(34)22(28)23(26(31)35)29-18-11-9-16(10-12-18)24(33)30-19-6-4-8-21(32)14-19/h3-15,29,32H,1-2H3,(H,30,33). The summed E-state index contributed by atoms with van der Waals surface area (Å²) in [5, 5.41) is 14.7. The van der Waals surface area contributed by atoms with Crippen molar-refractivity contribution in [2.24, 2.45) is 0 Å². The minimum Gasteiger partial charge on any atom is -0.508 e. The highest BCUT2D eigenvalue weighted by Gasteiger charge is 2.39. The van der Waals surface area contributed by atoms with E-state index in [4.69, 9.17) is 16.3 Å². The summed E-state index contributed by atoms with van der Waals surface area (Å²) in [5.74, 6) is -2.40. The molecule has 3 amide bonds. The molecule has 0 saturated heterocycles. The van der Waals surface area contributed by atoms with E-state index < -0.39 is 23.7 Å². The summed E-state index contributed by atoms with van der Waals surface area (Å²) >= 11 is 6.20. The average Bonchev–Trinajstić information content (AvgIpc) is 3.07. The van der Waals surface area contributed by atoms with Crippen molar-refractivity contribution in [2.45, 2.75) is 20.0 Å². The monoisotopic (exact) mass is 519 g/mol. The molecule has 0 radical (unpaired) electrons. The number of amides is 3. The van der Waals surface area contributed by atoms with Gasteiger partial charge in [-0.25, -0.2) is 9.69 Å². The van der Waals surface area contributed by atoms with Crippen LogP contribution in [-0.4, -0.2) is 34.9 Å². The van der Waals surface area contributed by atoms with Crippen LogP contribution in [0.2, 0.25) is 0 Å². The third kappa shape index (κ3) is 5.62. The van der Waals surface area contributed by atoms with Gasteiger partial charge in [-0.1, -0.05) is 23.7 Å². The summed E-state index contributed by atoms with van der Waals surface area (Å²) in [6, 6.07) is 18.3. The quantitative estimate of drug-likeness (QED) is 0.306. The Morgan fingerprint density at radius 1 is 0.892 bits per heavy atom. The molecule has 1 heterocycles. The summed E-state index contributed by atoms with van der Waals surface area (Å²) in [6.45, 7) is 3.43. The normalized spacial score (nSPS) is 13.2. The van der Waals surface area contributed by atoms with Gasteiger partial charge in [0.1, 0.15) is 16.5 Å². The molecule has 3 N–H and O–H groups in total. The number of nitrogens with zero attached hydrogens (tertiary/aromatic N) is 1. The predicted molar refractivity (Wildman–Crippen MR) is 138 cm³/mol. The fourth-order valence-electron chi connectivity index (χ4n) is 3.54. The first-order valence-electron chi connectivity index (χ1n) is 11.2. The van der Waals surface area contributed by atoms with Crippen molar-refractivity contribution >= 4 is 52.4 Å². The van der Waals surface area contributed by atoms with Crippen LogP contribution in [0.4, 0.5) is 17.1 Å². The number of ether oxygens (including phenoxy) is 1. The van der Waals surface area contributed by atoms with Crippen molar-refractivity contribution in [3.05, 3.63) is 94.7 Å². The molecule has 188 valence electrons. The number of anilines is 3. The number of imide groups is 1. The highest BCUT2D eigenvalue weighted by molar-refractivity contribution is 6.53. The molecule has 1 aliphatic heterocycles. The topological polar surface area (TPSA) is 125 Å². The first-order chi connectivity index (χ1) is 17.6. The molecule has 0 aliphatic carbocycles. The molecule has 3 aromatic rings. The van der Waals surface area contributed by atoms with Crippen LogP contribution in [0.15, 0.2) is 83.5 Å². The van der Waals surface area contributed by atoms with Crippen molar-refractivity contribution in [3.63, 3.8) is 0 Å². The Morgan fingerprint density at radius 2 is 1.59 bits per heavy atom. The first kappa shape index (κ1) is 25.5. The van der Waals surface area contributed by atoms with Gasteiger partial charge < -0.3 is 20.5 Å². The molecule has 37 heavy (non-hydrogen) atoms. The Kier molecular flexibility index (Phi) is 7.26. The summed E-state index contributed by atoms with van der Waals surface area (Å²) in [7, 11) is 0. The largest absolute Gasteiger partial charge is 0.508 e. The van der Waals surface area contributed by atoms with Crippen LogP contribution in [0.25, 0.3) is 0 Å². The number of phenolic OH excluding ortho intramolecular Hbond substituents is 1. The number of esters is 1. The number of hydrogen-bond donors (Lipinski definition) is 3. The summed E-state index contributed by atoms with van der Waals surface area (Å²) in [6.07, 6.45) is -0.331. The molecule has 3 aromatic carbocycles. The van der Waals surface area contributed by atoms with E-state index in [9.17, 15) is 24.3 Å². The Hall–Kier alpha value is -4.63. The van der Waals surface area contributed by atoms with E-state index in [2.05, 4.69) is 10.6 Å². The van der Waals surface area contributed by atoms with Gasteiger partial charge in [-0.2, -0.15) is 0 Å². The van der Waals surface area contributed by atoms with Crippen molar-refractivity contribution < 1.29 is 29.0 Å². The molecule has 0 atom stereocenters. The number of carbonyl (C=O) groups excluding carboxylic acids is 4. The van der Waals surface area contributed by atoms with Crippen LogP contribution in [0.3, 0.4) is 0 Å². The zero-order valence-corrected chi connectivity index (χ0v) is 20.6. The highest BCUT2D eigenvalue weighted by atomic mass is 35.5.